The molecule has 0 saturated carbocycles. The number of aromatic nitrogens is 2. The van der Waals surface area contributed by atoms with Crippen molar-refractivity contribution in [3.8, 4) is 10.6 Å². The van der Waals surface area contributed by atoms with E-state index in [1.54, 1.807) is 17.4 Å². The summed E-state index contributed by atoms with van der Waals surface area (Å²) < 4.78 is 32.1. The van der Waals surface area contributed by atoms with E-state index in [4.69, 9.17) is 4.74 Å². The average Bonchev–Trinajstić information content (AvgIpc) is 3.47. The molecule has 3 heterocycles. The lowest BCUT2D eigenvalue weighted by Crippen LogP contribution is -2.42. The van der Waals surface area contributed by atoms with Crippen molar-refractivity contribution in [1.29, 1.82) is 0 Å². The lowest BCUT2D eigenvalue weighted by Gasteiger charge is -2.26. The number of hydrazine groups is 1. The van der Waals surface area contributed by atoms with Gasteiger partial charge in [-0.15, -0.1) is 11.3 Å². The van der Waals surface area contributed by atoms with E-state index >= 15 is 0 Å². The summed E-state index contributed by atoms with van der Waals surface area (Å²) in [6, 6.07) is 11.1. The molecular weight excluding hydrogens is 454 g/mol. The number of nitrogens with one attached hydrogen (secondary N) is 3. The lowest BCUT2D eigenvalue weighted by atomic mass is 10.2. The molecule has 0 aliphatic carbocycles. The van der Waals surface area contributed by atoms with Crippen LogP contribution in [0, 0.1) is 6.92 Å². The monoisotopic (exact) mass is 475 g/mol. The Bertz CT molecular complexity index is 1240. The van der Waals surface area contributed by atoms with Crippen LogP contribution in [-0.4, -0.2) is 61.0 Å². The number of H-pyrrole nitrogens is 1. The molecule has 32 heavy (non-hydrogen) atoms. The van der Waals surface area contributed by atoms with E-state index in [0.29, 0.717) is 18.9 Å². The molecule has 0 bridgehead atoms. The SMILES string of the molecule is Cc1ccc(-c2cc(C(=O)NNC(=O)c3cccc(S(=O)(=O)N4CCOCC4)c3)n[nH]2)s1. The van der Waals surface area contributed by atoms with Gasteiger partial charge in [0.1, 0.15) is 0 Å². The third-order valence-corrected chi connectivity index (χ3v) is 7.74. The van der Waals surface area contributed by atoms with E-state index in [1.165, 1.54) is 28.6 Å². The molecule has 168 valence electrons. The van der Waals surface area contributed by atoms with Gasteiger partial charge in [0.25, 0.3) is 11.8 Å². The molecule has 0 unspecified atom stereocenters. The quantitative estimate of drug-likeness (QED) is 0.480. The third-order valence-electron chi connectivity index (χ3n) is 4.81. The van der Waals surface area contributed by atoms with E-state index < -0.39 is 21.8 Å². The number of amides is 2. The summed E-state index contributed by atoms with van der Waals surface area (Å²) in [5.41, 5.74) is 5.48. The van der Waals surface area contributed by atoms with Crippen LogP contribution in [-0.2, 0) is 14.8 Å². The van der Waals surface area contributed by atoms with Crippen LogP contribution in [0.25, 0.3) is 10.6 Å². The minimum absolute atomic E-state index is 0.00145. The van der Waals surface area contributed by atoms with Gasteiger partial charge in [0, 0.05) is 23.5 Å². The maximum atomic E-state index is 12.8. The van der Waals surface area contributed by atoms with Crippen LogP contribution in [0.2, 0.25) is 0 Å². The second-order valence-electron chi connectivity index (χ2n) is 7.03. The summed E-state index contributed by atoms with van der Waals surface area (Å²) >= 11 is 1.56. The summed E-state index contributed by atoms with van der Waals surface area (Å²) in [4.78, 5) is 26.9. The largest absolute Gasteiger partial charge is 0.379 e. The van der Waals surface area contributed by atoms with Crippen molar-refractivity contribution in [2.24, 2.45) is 0 Å². The highest BCUT2D eigenvalue weighted by molar-refractivity contribution is 7.89. The van der Waals surface area contributed by atoms with Gasteiger partial charge in [-0.25, -0.2) is 8.42 Å². The number of nitrogens with zero attached hydrogens (tertiary/aromatic N) is 2. The molecule has 12 heteroatoms. The standard InChI is InChI=1S/C20H21N5O5S2/c1-13-5-6-18(31-13)16-12-17(22-21-16)20(27)24-23-19(26)14-3-2-4-15(11-14)32(28,29)25-7-9-30-10-8-25/h2-6,11-12H,7-10H2,1H3,(H,21,22)(H,23,26)(H,24,27). The number of rotatable bonds is 5. The van der Waals surface area contributed by atoms with Crippen LogP contribution in [0.5, 0.6) is 0 Å². The van der Waals surface area contributed by atoms with Crippen LogP contribution < -0.4 is 10.9 Å². The van der Waals surface area contributed by atoms with Crippen molar-refractivity contribution in [2.75, 3.05) is 26.3 Å². The summed E-state index contributed by atoms with van der Waals surface area (Å²) in [6.45, 7) is 3.14. The summed E-state index contributed by atoms with van der Waals surface area (Å²) in [6.07, 6.45) is 0. The normalized spacial score (nSPS) is 14.8. The highest BCUT2D eigenvalue weighted by Gasteiger charge is 2.27. The van der Waals surface area contributed by atoms with Crippen molar-refractivity contribution in [3.05, 3.63) is 58.6 Å². The van der Waals surface area contributed by atoms with E-state index in [1.807, 2.05) is 19.1 Å². The maximum absolute atomic E-state index is 12.8. The first-order chi connectivity index (χ1) is 15.3. The Morgan fingerprint density at radius 1 is 1.09 bits per heavy atom. The first-order valence-corrected chi connectivity index (χ1v) is 12.0. The number of thiophene rings is 1. The molecule has 1 aromatic carbocycles. The van der Waals surface area contributed by atoms with Gasteiger partial charge in [-0.2, -0.15) is 9.40 Å². The van der Waals surface area contributed by atoms with Crippen molar-refractivity contribution in [1.82, 2.24) is 25.4 Å². The molecule has 0 spiro atoms. The number of aromatic amines is 1. The van der Waals surface area contributed by atoms with Gasteiger partial charge >= 0.3 is 0 Å². The molecule has 10 nitrogen and oxygen atoms in total. The predicted molar refractivity (Wildman–Crippen MR) is 118 cm³/mol. The minimum atomic E-state index is -3.74. The number of carbonyl (C=O) groups is 2. The Balaban J connectivity index is 1.41. The summed E-state index contributed by atoms with van der Waals surface area (Å²) in [5.74, 6) is -1.26. The molecule has 1 fully saturated rings. The van der Waals surface area contributed by atoms with E-state index in [2.05, 4.69) is 21.0 Å². The van der Waals surface area contributed by atoms with Gasteiger partial charge in [-0.05, 0) is 43.3 Å². The number of aryl methyl sites for hydroxylation is 1. The molecule has 0 radical (unpaired) electrons. The van der Waals surface area contributed by atoms with Gasteiger partial charge in [0.15, 0.2) is 5.69 Å². The minimum Gasteiger partial charge on any atom is -0.379 e. The van der Waals surface area contributed by atoms with Crippen LogP contribution >= 0.6 is 11.3 Å². The summed E-state index contributed by atoms with van der Waals surface area (Å²) in [5, 5.41) is 6.77. The van der Waals surface area contributed by atoms with Crippen molar-refractivity contribution >= 4 is 33.2 Å². The van der Waals surface area contributed by atoms with E-state index in [0.717, 1.165) is 9.75 Å². The average molecular weight is 476 g/mol. The van der Waals surface area contributed by atoms with Gasteiger partial charge in [0.2, 0.25) is 10.0 Å². The van der Waals surface area contributed by atoms with Crippen molar-refractivity contribution in [2.45, 2.75) is 11.8 Å². The van der Waals surface area contributed by atoms with Gasteiger partial charge in [-0.3, -0.25) is 25.5 Å². The Hall–Kier alpha value is -3.06. The fourth-order valence-electron chi connectivity index (χ4n) is 3.13. The maximum Gasteiger partial charge on any atom is 0.290 e. The van der Waals surface area contributed by atoms with E-state index in [9.17, 15) is 18.0 Å². The van der Waals surface area contributed by atoms with Crippen LogP contribution in [0.3, 0.4) is 0 Å². The highest BCUT2D eigenvalue weighted by atomic mass is 32.2. The number of sulfonamides is 1. The fraction of sp³-hybridized carbons (Fsp3) is 0.250. The second-order valence-corrected chi connectivity index (χ2v) is 10.3. The zero-order valence-electron chi connectivity index (χ0n) is 17.1. The molecule has 4 rings (SSSR count). The second kappa shape index (κ2) is 9.20. The summed E-state index contributed by atoms with van der Waals surface area (Å²) in [7, 11) is -3.74. The highest BCUT2D eigenvalue weighted by Crippen LogP contribution is 2.26. The zero-order chi connectivity index (χ0) is 22.7. The lowest BCUT2D eigenvalue weighted by molar-refractivity contribution is 0.0730. The molecule has 1 aliphatic rings. The first kappa shape index (κ1) is 22.1. The fourth-order valence-corrected chi connectivity index (χ4v) is 5.42. The third kappa shape index (κ3) is 4.72. The predicted octanol–water partition coefficient (Wildman–Crippen LogP) is 1.54. The van der Waals surface area contributed by atoms with Gasteiger partial charge in [-0.1, -0.05) is 6.07 Å². The molecular formula is C20H21N5O5S2. The number of morpholine rings is 1. The Kier molecular flexibility index (Phi) is 6.37. The smallest absolute Gasteiger partial charge is 0.290 e. The Labute approximate surface area is 188 Å². The number of carbonyl (C=O) groups excluding carboxylic acids is 2. The van der Waals surface area contributed by atoms with Crippen LogP contribution in [0.15, 0.2) is 47.4 Å². The van der Waals surface area contributed by atoms with Crippen molar-refractivity contribution < 1.29 is 22.7 Å². The van der Waals surface area contributed by atoms with Crippen LogP contribution in [0.1, 0.15) is 25.7 Å². The van der Waals surface area contributed by atoms with Crippen molar-refractivity contribution in [3.63, 3.8) is 0 Å². The first-order valence-electron chi connectivity index (χ1n) is 9.75. The number of hydrogen-bond acceptors (Lipinski definition) is 7. The molecule has 3 N–H and O–H groups in total. The molecule has 2 amide bonds. The number of hydrogen-bond donors (Lipinski definition) is 3. The molecule has 3 aromatic rings. The van der Waals surface area contributed by atoms with E-state index in [-0.39, 0.29) is 29.2 Å². The number of ether oxygens (including phenoxy) is 1. The topological polar surface area (TPSA) is 133 Å². The van der Waals surface area contributed by atoms with Gasteiger partial charge < -0.3 is 4.74 Å². The molecule has 2 aromatic heterocycles. The number of benzene rings is 1. The van der Waals surface area contributed by atoms with Crippen LogP contribution in [0.4, 0.5) is 0 Å². The zero-order valence-corrected chi connectivity index (χ0v) is 18.8. The van der Waals surface area contributed by atoms with Gasteiger partial charge in [0.05, 0.1) is 28.7 Å². The Morgan fingerprint density at radius 3 is 2.56 bits per heavy atom. The molecule has 1 saturated heterocycles. The molecule has 0 atom stereocenters. The Morgan fingerprint density at radius 2 is 1.84 bits per heavy atom. The molecule has 1 aliphatic heterocycles.